The number of aryl methyl sites for hydroxylation is 1. The van der Waals surface area contributed by atoms with Crippen LogP contribution >= 0.6 is 0 Å². The van der Waals surface area contributed by atoms with Gasteiger partial charge in [0.1, 0.15) is 5.75 Å². The summed E-state index contributed by atoms with van der Waals surface area (Å²) in [5, 5.41) is 7.66. The van der Waals surface area contributed by atoms with Crippen molar-refractivity contribution in [2.24, 2.45) is 7.05 Å². The van der Waals surface area contributed by atoms with Gasteiger partial charge in [-0.15, -0.1) is 13.2 Å². The first-order chi connectivity index (χ1) is 11.3. The zero-order valence-electron chi connectivity index (χ0n) is 12.5. The van der Waals surface area contributed by atoms with Crippen LogP contribution in [0, 0.1) is 0 Å². The number of para-hydroxylation sites is 1. The van der Waals surface area contributed by atoms with E-state index in [1.54, 1.807) is 11.7 Å². The Bertz CT molecular complexity index is 886. The molecule has 2 aromatic carbocycles. The van der Waals surface area contributed by atoms with E-state index in [4.69, 9.17) is 0 Å². The maximum atomic E-state index is 12.2. The van der Waals surface area contributed by atoms with E-state index in [2.05, 4.69) is 15.2 Å². The summed E-state index contributed by atoms with van der Waals surface area (Å²) in [6.45, 7) is 0. The number of anilines is 1. The average Bonchev–Trinajstić information content (AvgIpc) is 2.83. The average molecular weight is 335 g/mol. The van der Waals surface area contributed by atoms with Crippen LogP contribution in [-0.4, -0.2) is 22.1 Å². The van der Waals surface area contributed by atoms with Crippen molar-refractivity contribution in [3.8, 4) is 5.75 Å². The Morgan fingerprint density at radius 3 is 2.46 bits per heavy atom. The molecule has 0 bridgehead atoms. The molecule has 3 rings (SSSR count). The second kappa shape index (κ2) is 5.88. The Kier molecular flexibility index (Phi) is 3.88. The molecule has 0 saturated heterocycles. The highest BCUT2D eigenvalue weighted by Gasteiger charge is 2.31. The van der Waals surface area contributed by atoms with Gasteiger partial charge in [-0.2, -0.15) is 5.10 Å². The standard InChI is InChI=1S/C16H12F3N3O2/c1-22-13-5-3-2-4-12(13)14(21-22)20-15(23)10-6-8-11(9-7-10)24-16(17,18)19/h2-9H,1H3,(H,20,21,23). The van der Waals surface area contributed by atoms with Crippen LogP contribution < -0.4 is 10.1 Å². The molecule has 1 amide bonds. The summed E-state index contributed by atoms with van der Waals surface area (Å²) in [6.07, 6.45) is -4.77. The van der Waals surface area contributed by atoms with Crippen LogP contribution in [0.1, 0.15) is 10.4 Å². The van der Waals surface area contributed by atoms with E-state index >= 15 is 0 Å². The molecule has 0 aliphatic rings. The van der Waals surface area contributed by atoms with Crippen molar-refractivity contribution in [2.75, 3.05) is 5.32 Å². The highest BCUT2D eigenvalue weighted by Crippen LogP contribution is 2.24. The fourth-order valence-electron chi connectivity index (χ4n) is 2.29. The molecule has 0 aliphatic heterocycles. The summed E-state index contributed by atoms with van der Waals surface area (Å²) >= 11 is 0. The van der Waals surface area contributed by atoms with Gasteiger partial charge in [0, 0.05) is 18.0 Å². The maximum Gasteiger partial charge on any atom is 0.573 e. The largest absolute Gasteiger partial charge is 0.573 e. The van der Waals surface area contributed by atoms with E-state index in [9.17, 15) is 18.0 Å². The number of alkyl halides is 3. The van der Waals surface area contributed by atoms with E-state index < -0.39 is 12.3 Å². The van der Waals surface area contributed by atoms with Crippen LogP contribution in [0.25, 0.3) is 10.9 Å². The Morgan fingerprint density at radius 1 is 1.12 bits per heavy atom. The molecule has 0 atom stereocenters. The van der Waals surface area contributed by atoms with E-state index in [1.807, 2.05) is 24.3 Å². The van der Waals surface area contributed by atoms with Crippen molar-refractivity contribution in [1.82, 2.24) is 9.78 Å². The highest BCUT2D eigenvalue weighted by molar-refractivity contribution is 6.07. The molecule has 0 unspecified atom stereocenters. The fraction of sp³-hybridized carbons (Fsp3) is 0.125. The Balaban J connectivity index is 1.79. The lowest BCUT2D eigenvalue weighted by Gasteiger charge is -2.09. The molecule has 0 saturated carbocycles. The van der Waals surface area contributed by atoms with Gasteiger partial charge in [0.25, 0.3) is 5.91 Å². The molecule has 5 nitrogen and oxygen atoms in total. The number of nitrogens with one attached hydrogen (secondary N) is 1. The topological polar surface area (TPSA) is 56.2 Å². The number of ether oxygens (including phenoxy) is 1. The maximum absolute atomic E-state index is 12.2. The number of nitrogens with zero attached hydrogens (tertiary/aromatic N) is 2. The van der Waals surface area contributed by atoms with Gasteiger partial charge in [0.15, 0.2) is 5.82 Å². The van der Waals surface area contributed by atoms with Gasteiger partial charge in [-0.05, 0) is 36.4 Å². The third kappa shape index (κ3) is 3.32. The summed E-state index contributed by atoms with van der Waals surface area (Å²) < 4.78 is 41.8. The van der Waals surface area contributed by atoms with Crippen LogP contribution in [0.5, 0.6) is 5.75 Å². The summed E-state index contributed by atoms with van der Waals surface area (Å²) in [5.41, 5.74) is 1.04. The number of halogens is 3. The normalized spacial score (nSPS) is 11.5. The quantitative estimate of drug-likeness (QED) is 0.793. The minimum Gasteiger partial charge on any atom is -0.406 e. The Hall–Kier alpha value is -3.03. The van der Waals surface area contributed by atoms with Gasteiger partial charge in [-0.1, -0.05) is 12.1 Å². The van der Waals surface area contributed by atoms with E-state index in [0.717, 1.165) is 23.0 Å². The van der Waals surface area contributed by atoms with Crippen molar-refractivity contribution in [2.45, 2.75) is 6.36 Å². The van der Waals surface area contributed by atoms with Crippen molar-refractivity contribution < 1.29 is 22.7 Å². The molecule has 24 heavy (non-hydrogen) atoms. The SMILES string of the molecule is Cn1nc(NC(=O)c2ccc(OC(F)(F)F)cc2)c2ccccc21. The predicted octanol–water partition coefficient (Wildman–Crippen LogP) is 3.72. The molecular weight excluding hydrogens is 323 g/mol. The van der Waals surface area contributed by atoms with Crippen molar-refractivity contribution in [3.63, 3.8) is 0 Å². The fourth-order valence-corrected chi connectivity index (χ4v) is 2.29. The van der Waals surface area contributed by atoms with Crippen LogP contribution in [-0.2, 0) is 7.05 Å². The summed E-state index contributed by atoms with van der Waals surface area (Å²) in [7, 11) is 1.75. The minimum absolute atomic E-state index is 0.194. The number of carbonyl (C=O) groups is 1. The number of benzene rings is 2. The predicted molar refractivity (Wildman–Crippen MR) is 81.8 cm³/mol. The van der Waals surface area contributed by atoms with Gasteiger partial charge < -0.3 is 10.1 Å². The smallest absolute Gasteiger partial charge is 0.406 e. The summed E-state index contributed by atoms with van der Waals surface area (Å²) in [6, 6.07) is 12.0. The molecule has 0 spiro atoms. The molecule has 1 N–H and O–H groups in total. The lowest BCUT2D eigenvalue weighted by Crippen LogP contribution is -2.17. The highest BCUT2D eigenvalue weighted by atomic mass is 19.4. The van der Waals surface area contributed by atoms with Crippen LogP contribution in [0.3, 0.4) is 0 Å². The first kappa shape index (κ1) is 15.9. The molecule has 0 radical (unpaired) electrons. The number of hydrogen-bond donors (Lipinski definition) is 1. The van der Waals surface area contributed by atoms with E-state index in [0.29, 0.717) is 5.82 Å². The molecule has 8 heteroatoms. The molecule has 3 aromatic rings. The number of hydrogen-bond acceptors (Lipinski definition) is 3. The van der Waals surface area contributed by atoms with Crippen molar-refractivity contribution in [3.05, 3.63) is 54.1 Å². The van der Waals surface area contributed by atoms with Gasteiger partial charge >= 0.3 is 6.36 Å². The zero-order valence-corrected chi connectivity index (χ0v) is 12.5. The van der Waals surface area contributed by atoms with Gasteiger partial charge in [-0.3, -0.25) is 9.48 Å². The first-order valence-electron chi connectivity index (χ1n) is 6.92. The Morgan fingerprint density at radius 2 is 1.79 bits per heavy atom. The van der Waals surface area contributed by atoms with E-state index in [1.165, 1.54) is 12.1 Å². The zero-order chi connectivity index (χ0) is 17.3. The van der Waals surface area contributed by atoms with Crippen LogP contribution in [0.2, 0.25) is 0 Å². The van der Waals surface area contributed by atoms with Crippen molar-refractivity contribution >= 4 is 22.6 Å². The number of rotatable bonds is 3. The first-order valence-corrected chi connectivity index (χ1v) is 6.92. The number of fused-ring (bicyclic) bond motifs is 1. The number of aromatic nitrogens is 2. The minimum atomic E-state index is -4.77. The lowest BCUT2D eigenvalue weighted by molar-refractivity contribution is -0.274. The third-order valence-corrected chi connectivity index (χ3v) is 3.34. The second-order valence-electron chi connectivity index (χ2n) is 5.02. The molecule has 1 heterocycles. The number of carbonyl (C=O) groups excluding carboxylic acids is 1. The van der Waals surface area contributed by atoms with Gasteiger partial charge in [0.2, 0.25) is 0 Å². The molecule has 0 fully saturated rings. The lowest BCUT2D eigenvalue weighted by atomic mass is 10.2. The molecule has 124 valence electrons. The third-order valence-electron chi connectivity index (χ3n) is 3.34. The molecule has 1 aromatic heterocycles. The van der Waals surface area contributed by atoms with E-state index in [-0.39, 0.29) is 11.3 Å². The van der Waals surface area contributed by atoms with Crippen LogP contribution in [0.4, 0.5) is 19.0 Å². The monoisotopic (exact) mass is 335 g/mol. The summed E-state index contributed by atoms with van der Waals surface area (Å²) in [4.78, 5) is 12.2. The molecule has 0 aliphatic carbocycles. The van der Waals surface area contributed by atoms with Gasteiger partial charge in [0.05, 0.1) is 5.52 Å². The second-order valence-corrected chi connectivity index (χ2v) is 5.02. The molecular formula is C16H12F3N3O2. The summed E-state index contributed by atoms with van der Waals surface area (Å²) in [5.74, 6) is -0.478. The Labute approximate surface area is 134 Å². The number of amides is 1. The van der Waals surface area contributed by atoms with Gasteiger partial charge in [-0.25, -0.2) is 0 Å². The van der Waals surface area contributed by atoms with Crippen LogP contribution in [0.15, 0.2) is 48.5 Å². The van der Waals surface area contributed by atoms with Crippen molar-refractivity contribution in [1.29, 1.82) is 0 Å².